The summed E-state index contributed by atoms with van der Waals surface area (Å²) in [4.78, 5) is 18.9. The lowest BCUT2D eigenvalue weighted by atomic mass is 10.1. The highest BCUT2D eigenvalue weighted by atomic mass is 16.2. The van der Waals surface area contributed by atoms with Crippen LogP contribution in [-0.2, 0) is 11.2 Å². The van der Waals surface area contributed by atoms with E-state index in [4.69, 9.17) is 0 Å². The summed E-state index contributed by atoms with van der Waals surface area (Å²) in [6, 6.07) is 15.9. The van der Waals surface area contributed by atoms with E-state index < -0.39 is 0 Å². The van der Waals surface area contributed by atoms with E-state index in [1.807, 2.05) is 49.4 Å². The zero-order valence-electron chi connectivity index (χ0n) is 12.3. The lowest BCUT2D eigenvalue weighted by Crippen LogP contribution is -2.29. The molecule has 0 N–H and O–H groups in total. The van der Waals surface area contributed by atoms with Gasteiger partial charge in [-0.1, -0.05) is 37.3 Å². The van der Waals surface area contributed by atoms with Gasteiger partial charge >= 0.3 is 0 Å². The highest BCUT2D eigenvalue weighted by Crippen LogP contribution is 2.30. The Morgan fingerprint density at radius 2 is 1.86 bits per heavy atom. The summed E-state index contributed by atoms with van der Waals surface area (Å²) in [7, 11) is 0. The van der Waals surface area contributed by atoms with E-state index in [0.717, 1.165) is 23.4 Å². The van der Waals surface area contributed by atoms with Crippen molar-refractivity contribution in [2.24, 2.45) is 4.99 Å². The molecule has 0 atom stereocenters. The number of rotatable bonds is 3. The minimum absolute atomic E-state index is 0.0133. The summed E-state index contributed by atoms with van der Waals surface area (Å²) in [5.74, 6) is -0.0133. The van der Waals surface area contributed by atoms with Crippen molar-refractivity contribution in [1.82, 2.24) is 0 Å². The number of amides is 1. The van der Waals surface area contributed by atoms with Crippen LogP contribution in [0, 0.1) is 0 Å². The molecule has 0 saturated heterocycles. The minimum atomic E-state index is -0.0133. The predicted octanol–water partition coefficient (Wildman–Crippen LogP) is 3.74. The normalized spacial score (nSPS) is 15.6. The number of benzene rings is 2. The van der Waals surface area contributed by atoms with Gasteiger partial charge in [0.1, 0.15) is 5.71 Å². The molecule has 1 heterocycles. The number of fused-ring (bicyclic) bond motifs is 1. The van der Waals surface area contributed by atoms with Gasteiger partial charge in [-0.15, -0.1) is 0 Å². The van der Waals surface area contributed by atoms with Crippen LogP contribution in [0.25, 0.3) is 0 Å². The van der Waals surface area contributed by atoms with Crippen molar-refractivity contribution in [2.75, 3.05) is 11.4 Å². The molecule has 0 aliphatic carbocycles. The summed E-state index contributed by atoms with van der Waals surface area (Å²) in [5.41, 5.74) is 4.48. The highest BCUT2D eigenvalue weighted by molar-refractivity contribution is 6.54. The molecule has 0 spiro atoms. The largest absolute Gasteiger partial charge is 0.307 e. The quantitative estimate of drug-likeness (QED) is 0.842. The average Bonchev–Trinajstić information content (AvgIpc) is 2.79. The van der Waals surface area contributed by atoms with Crippen molar-refractivity contribution >= 4 is 23.0 Å². The smallest absolute Gasteiger partial charge is 0.277 e. The topological polar surface area (TPSA) is 32.7 Å². The monoisotopic (exact) mass is 278 g/mol. The first-order chi connectivity index (χ1) is 10.2. The summed E-state index contributed by atoms with van der Waals surface area (Å²) in [6.45, 7) is 4.75. The first-order valence-corrected chi connectivity index (χ1v) is 7.33. The Morgan fingerprint density at radius 3 is 2.62 bits per heavy atom. The highest BCUT2D eigenvalue weighted by Gasteiger charge is 2.32. The van der Waals surface area contributed by atoms with Crippen LogP contribution < -0.4 is 4.90 Å². The molecular formula is C18H18N2O. The summed E-state index contributed by atoms with van der Waals surface area (Å²) in [6.07, 6.45) is 0.963. The molecule has 3 heteroatoms. The van der Waals surface area contributed by atoms with E-state index >= 15 is 0 Å². The zero-order valence-corrected chi connectivity index (χ0v) is 12.3. The lowest BCUT2D eigenvalue weighted by Gasteiger charge is -2.12. The Kier molecular flexibility index (Phi) is 3.57. The fraction of sp³-hybridized carbons (Fsp3) is 0.222. The van der Waals surface area contributed by atoms with E-state index in [1.54, 1.807) is 4.90 Å². The first kappa shape index (κ1) is 13.6. The van der Waals surface area contributed by atoms with Gasteiger partial charge in [0.05, 0.1) is 11.4 Å². The van der Waals surface area contributed by atoms with Crippen LogP contribution in [0.1, 0.15) is 25.0 Å². The molecule has 0 aromatic heterocycles. The first-order valence-electron chi connectivity index (χ1n) is 7.33. The second-order valence-corrected chi connectivity index (χ2v) is 5.05. The maximum atomic E-state index is 12.5. The number of para-hydroxylation sites is 1. The van der Waals surface area contributed by atoms with Crippen molar-refractivity contribution in [2.45, 2.75) is 20.3 Å². The van der Waals surface area contributed by atoms with Gasteiger partial charge < -0.3 is 4.90 Å². The van der Waals surface area contributed by atoms with Crippen molar-refractivity contribution in [3.8, 4) is 0 Å². The van der Waals surface area contributed by atoms with Gasteiger partial charge in [0, 0.05) is 12.1 Å². The molecule has 0 bridgehead atoms. The molecule has 3 nitrogen and oxygen atoms in total. The Morgan fingerprint density at radius 1 is 1.05 bits per heavy atom. The summed E-state index contributed by atoms with van der Waals surface area (Å²) >= 11 is 0. The van der Waals surface area contributed by atoms with E-state index in [0.29, 0.717) is 12.3 Å². The number of anilines is 1. The number of aryl methyl sites for hydroxylation is 1. The van der Waals surface area contributed by atoms with Crippen LogP contribution in [0.2, 0.25) is 0 Å². The fourth-order valence-electron chi connectivity index (χ4n) is 2.66. The summed E-state index contributed by atoms with van der Waals surface area (Å²) in [5, 5.41) is 0. The standard InChI is InChI=1S/C18H18N2O/c1-3-13-8-7-9-14(12-13)19-17-15-10-5-6-11-16(15)20(4-2)18(17)21/h5-12H,3-4H2,1-2H3. The van der Waals surface area contributed by atoms with Gasteiger partial charge in [-0.2, -0.15) is 0 Å². The maximum absolute atomic E-state index is 12.5. The van der Waals surface area contributed by atoms with Crippen LogP contribution in [0.5, 0.6) is 0 Å². The van der Waals surface area contributed by atoms with Crippen LogP contribution in [0.3, 0.4) is 0 Å². The van der Waals surface area contributed by atoms with Crippen molar-refractivity contribution < 1.29 is 4.79 Å². The number of hydrogen-bond donors (Lipinski definition) is 0. The van der Waals surface area contributed by atoms with E-state index in [2.05, 4.69) is 18.0 Å². The molecule has 0 radical (unpaired) electrons. The van der Waals surface area contributed by atoms with Gasteiger partial charge in [0.25, 0.3) is 5.91 Å². The Labute approximate surface area is 124 Å². The Balaban J connectivity index is 2.09. The number of nitrogens with zero attached hydrogens (tertiary/aromatic N) is 2. The van der Waals surface area contributed by atoms with Crippen molar-refractivity contribution in [3.05, 3.63) is 59.7 Å². The molecule has 3 rings (SSSR count). The molecule has 1 aliphatic heterocycles. The van der Waals surface area contributed by atoms with E-state index in [1.165, 1.54) is 5.56 Å². The van der Waals surface area contributed by atoms with Gasteiger partial charge in [0.2, 0.25) is 0 Å². The van der Waals surface area contributed by atoms with Gasteiger partial charge in [0.15, 0.2) is 0 Å². The lowest BCUT2D eigenvalue weighted by molar-refractivity contribution is -0.112. The van der Waals surface area contributed by atoms with Gasteiger partial charge in [-0.3, -0.25) is 4.79 Å². The fourth-order valence-corrected chi connectivity index (χ4v) is 2.66. The van der Waals surface area contributed by atoms with E-state index in [-0.39, 0.29) is 5.91 Å². The van der Waals surface area contributed by atoms with Crippen LogP contribution in [-0.4, -0.2) is 18.2 Å². The van der Waals surface area contributed by atoms with Gasteiger partial charge in [-0.25, -0.2) is 4.99 Å². The van der Waals surface area contributed by atoms with E-state index in [9.17, 15) is 4.79 Å². The average molecular weight is 278 g/mol. The van der Waals surface area contributed by atoms with Crippen molar-refractivity contribution in [1.29, 1.82) is 0 Å². The molecule has 0 saturated carbocycles. The number of carbonyl (C=O) groups excluding carboxylic acids is 1. The van der Waals surface area contributed by atoms with Crippen LogP contribution in [0.15, 0.2) is 53.5 Å². The number of aliphatic imine (C=N–C) groups is 1. The molecule has 106 valence electrons. The van der Waals surface area contributed by atoms with Gasteiger partial charge in [-0.05, 0) is 37.1 Å². The molecule has 0 fully saturated rings. The zero-order chi connectivity index (χ0) is 14.8. The second kappa shape index (κ2) is 5.52. The Hall–Kier alpha value is -2.42. The molecule has 2 aromatic carbocycles. The molecule has 21 heavy (non-hydrogen) atoms. The Bertz CT molecular complexity index is 719. The molecule has 0 unspecified atom stereocenters. The molecule has 1 aliphatic rings. The third-order valence-electron chi connectivity index (χ3n) is 3.77. The molecule has 1 amide bonds. The number of likely N-dealkylation sites (N-methyl/N-ethyl adjacent to an activating group) is 1. The maximum Gasteiger partial charge on any atom is 0.277 e. The predicted molar refractivity (Wildman–Crippen MR) is 86.5 cm³/mol. The minimum Gasteiger partial charge on any atom is -0.307 e. The number of hydrogen-bond acceptors (Lipinski definition) is 2. The number of carbonyl (C=O) groups is 1. The van der Waals surface area contributed by atoms with Crippen molar-refractivity contribution in [3.63, 3.8) is 0 Å². The SMILES string of the molecule is CCc1cccc(N=C2C(=O)N(CC)c3ccccc32)c1. The third-order valence-corrected chi connectivity index (χ3v) is 3.77. The molecule has 2 aromatic rings. The van der Waals surface area contributed by atoms with Crippen LogP contribution >= 0.6 is 0 Å². The third kappa shape index (κ3) is 2.35. The molecular weight excluding hydrogens is 260 g/mol. The summed E-state index contributed by atoms with van der Waals surface area (Å²) < 4.78 is 0. The van der Waals surface area contributed by atoms with Crippen LogP contribution in [0.4, 0.5) is 11.4 Å². The second-order valence-electron chi connectivity index (χ2n) is 5.05.